The molecule has 0 fully saturated rings. The van der Waals surface area contributed by atoms with Gasteiger partial charge in [-0.3, -0.25) is 14.7 Å². The Labute approximate surface area is 114 Å². The maximum absolute atomic E-state index is 11.9. The molecule has 0 aliphatic rings. The van der Waals surface area contributed by atoms with E-state index in [1.54, 1.807) is 6.92 Å². The summed E-state index contributed by atoms with van der Waals surface area (Å²) in [6, 6.07) is 0. The smallest absolute Gasteiger partial charge is 0.246 e. The van der Waals surface area contributed by atoms with E-state index in [-0.39, 0.29) is 18.4 Å². The van der Waals surface area contributed by atoms with E-state index in [1.165, 1.54) is 17.8 Å². The third kappa shape index (κ3) is 3.19. The van der Waals surface area contributed by atoms with Crippen LogP contribution in [0.4, 0.5) is 11.5 Å². The van der Waals surface area contributed by atoms with Gasteiger partial charge in [0.05, 0.1) is 23.3 Å². The second-order valence-electron chi connectivity index (χ2n) is 4.34. The van der Waals surface area contributed by atoms with Gasteiger partial charge in [0, 0.05) is 6.92 Å². The molecule has 106 valence electrons. The highest BCUT2D eigenvalue weighted by molar-refractivity contribution is 5.91. The highest BCUT2D eigenvalue weighted by atomic mass is 16.2. The molecule has 0 aliphatic carbocycles. The van der Waals surface area contributed by atoms with Crippen LogP contribution in [0.2, 0.25) is 0 Å². The summed E-state index contributed by atoms with van der Waals surface area (Å²) in [6.45, 7) is 4.98. The summed E-state index contributed by atoms with van der Waals surface area (Å²) in [5, 5.41) is 19.5. The predicted octanol–water partition coefficient (Wildman–Crippen LogP) is 0.215. The SMILES string of the molecule is CC(=O)Nc1cn(CC(=O)Nc2c(C)n[nH]c2C)nn1. The van der Waals surface area contributed by atoms with Gasteiger partial charge in [0.1, 0.15) is 6.54 Å². The van der Waals surface area contributed by atoms with Crippen LogP contribution < -0.4 is 10.6 Å². The Morgan fingerprint density at radius 2 is 2.10 bits per heavy atom. The molecule has 0 bridgehead atoms. The van der Waals surface area contributed by atoms with Gasteiger partial charge in [-0.25, -0.2) is 4.68 Å². The summed E-state index contributed by atoms with van der Waals surface area (Å²) in [4.78, 5) is 22.7. The van der Waals surface area contributed by atoms with Gasteiger partial charge in [0.15, 0.2) is 5.82 Å². The fraction of sp³-hybridized carbons (Fsp3) is 0.364. The van der Waals surface area contributed by atoms with Crippen molar-refractivity contribution < 1.29 is 9.59 Å². The number of aromatic amines is 1. The second-order valence-corrected chi connectivity index (χ2v) is 4.34. The van der Waals surface area contributed by atoms with E-state index in [9.17, 15) is 9.59 Å². The van der Waals surface area contributed by atoms with E-state index >= 15 is 0 Å². The molecule has 2 aromatic heterocycles. The standard InChI is InChI=1S/C11H15N7O2/c1-6-11(7(2)15-14-6)13-10(20)5-18-4-9(16-17-18)12-8(3)19/h4H,5H2,1-3H3,(H,12,19)(H,13,20)(H,14,15). The van der Waals surface area contributed by atoms with Crippen LogP contribution in [0.5, 0.6) is 0 Å². The normalized spacial score (nSPS) is 10.3. The molecular weight excluding hydrogens is 262 g/mol. The first-order chi connectivity index (χ1) is 9.45. The number of rotatable bonds is 4. The van der Waals surface area contributed by atoms with E-state index in [0.717, 1.165) is 5.69 Å². The molecule has 2 rings (SSSR count). The highest BCUT2D eigenvalue weighted by Gasteiger charge is 2.11. The van der Waals surface area contributed by atoms with E-state index < -0.39 is 0 Å². The van der Waals surface area contributed by atoms with Crippen molar-refractivity contribution in [2.75, 3.05) is 10.6 Å². The largest absolute Gasteiger partial charge is 0.321 e. The van der Waals surface area contributed by atoms with Crippen LogP contribution in [0.15, 0.2) is 6.20 Å². The number of aromatic nitrogens is 5. The summed E-state index contributed by atoms with van der Waals surface area (Å²) < 4.78 is 1.34. The lowest BCUT2D eigenvalue weighted by Crippen LogP contribution is -2.19. The molecule has 0 saturated carbocycles. The van der Waals surface area contributed by atoms with Gasteiger partial charge in [-0.1, -0.05) is 5.21 Å². The monoisotopic (exact) mass is 277 g/mol. The van der Waals surface area contributed by atoms with Gasteiger partial charge in [-0.2, -0.15) is 5.10 Å². The van der Waals surface area contributed by atoms with Crippen molar-refractivity contribution in [1.29, 1.82) is 0 Å². The number of hydrogen-bond donors (Lipinski definition) is 3. The Balaban J connectivity index is 1.98. The fourth-order valence-electron chi connectivity index (χ4n) is 1.67. The molecule has 2 aromatic rings. The van der Waals surface area contributed by atoms with Gasteiger partial charge in [0.25, 0.3) is 0 Å². The maximum Gasteiger partial charge on any atom is 0.246 e. The first kappa shape index (κ1) is 13.7. The third-order valence-electron chi connectivity index (χ3n) is 2.54. The van der Waals surface area contributed by atoms with Crippen LogP contribution in [-0.2, 0) is 16.1 Å². The number of nitrogens with zero attached hydrogens (tertiary/aromatic N) is 4. The topological polar surface area (TPSA) is 118 Å². The summed E-state index contributed by atoms with van der Waals surface area (Å²) in [5.41, 5.74) is 2.17. The average Bonchev–Trinajstić information content (AvgIpc) is 2.90. The van der Waals surface area contributed by atoms with Crippen LogP contribution in [-0.4, -0.2) is 37.0 Å². The molecule has 0 unspecified atom stereocenters. The molecule has 3 N–H and O–H groups in total. The number of hydrogen-bond acceptors (Lipinski definition) is 5. The minimum absolute atomic E-state index is 0.00333. The van der Waals surface area contributed by atoms with E-state index in [2.05, 4.69) is 31.1 Å². The van der Waals surface area contributed by atoms with Crippen molar-refractivity contribution in [3.8, 4) is 0 Å². The first-order valence-corrected chi connectivity index (χ1v) is 5.95. The molecule has 0 aromatic carbocycles. The molecule has 2 heterocycles. The van der Waals surface area contributed by atoms with Gasteiger partial charge >= 0.3 is 0 Å². The van der Waals surface area contributed by atoms with Gasteiger partial charge in [0.2, 0.25) is 11.8 Å². The molecule has 0 saturated heterocycles. The van der Waals surface area contributed by atoms with Crippen LogP contribution in [0.25, 0.3) is 0 Å². The zero-order valence-electron chi connectivity index (χ0n) is 11.4. The van der Waals surface area contributed by atoms with Crippen molar-refractivity contribution in [2.24, 2.45) is 0 Å². The quantitative estimate of drug-likeness (QED) is 0.738. The molecular formula is C11H15N7O2. The number of H-pyrrole nitrogens is 1. The van der Waals surface area contributed by atoms with Gasteiger partial charge < -0.3 is 10.6 Å². The number of carbonyl (C=O) groups is 2. The van der Waals surface area contributed by atoms with Gasteiger partial charge in [-0.05, 0) is 13.8 Å². The van der Waals surface area contributed by atoms with Crippen molar-refractivity contribution >= 4 is 23.3 Å². The molecule has 9 nitrogen and oxygen atoms in total. The second kappa shape index (κ2) is 5.51. The zero-order valence-corrected chi connectivity index (χ0v) is 11.4. The Hall–Kier alpha value is -2.71. The van der Waals surface area contributed by atoms with Crippen molar-refractivity contribution in [2.45, 2.75) is 27.3 Å². The average molecular weight is 277 g/mol. The number of amides is 2. The molecule has 2 amide bonds. The van der Waals surface area contributed by atoms with Crippen molar-refractivity contribution in [3.05, 3.63) is 17.6 Å². The molecule has 0 spiro atoms. The van der Waals surface area contributed by atoms with E-state index in [1.807, 2.05) is 6.92 Å². The summed E-state index contributed by atoms with van der Waals surface area (Å²) >= 11 is 0. The minimum Gasteiger partial charge on any atom is -0.321 e. The lowest BCUT2D eigenvalue weighted by molar-refractivity contribution is -0.117. The molecule has 9 heteroatoms. The van der Waals surface area contributed by atoms with Crippen LogP contribution >= 0.6 is 0 Å². The Kier molecular flexibility index (Phi) is 3.78. The number of nitrogens with one attached hydrogen (secondary N) is 3. The number of carbonyl (C=O) groups excluding carboxylic acids is 2. The number of anilines is 2. The van der Waals surface area contributed by atoms with Crippen LogP contribution in [0.3, 0.4) is 0 Å². The lowest BCUT2D eigenvalue weighted by Gasteiger charge is -2.04. The fourth-order valence-corrected chi connectivity index (χ4v) is 1.67. The minimum atomic E-state index is -0.253. The van der Waals surface area contributed by atoms with Gasteiger partial charge in [-0.15, -0.1) is 5.10 Å². The summed E-state index contributed by atoms with van der Waals surface area (Å²) in [5.74, 6) is -0.191. The zero-order chi connectivity index (χ0) is 14.7. The maximum atomic E-state index is 11.9. The van der Waals surface area contributed by atoms with Crippen LogP contribution in [0.1, 0.15) is 18.3 Å². The Bertz CT molecular complexity index is 623. The summed E-state index contributed by atoms with van der Waals surface area (Å²) in [6.07, 6.45) is 1.48. The predicted molar refractivity (Wildman–Crippen MR) is 71.0 cm³/mol. The van der Waals surface area contributed by atoms with Crippen molar-refractivity contribution in [3.63, 3.8) is 0 Å². The summed E-state index contributed by atoms with van der Waals surface area (Å²) in [7, 11) is 0. The lowest BCUT2D eigenvalue weighted by atomic mass is 10.3. The Morgan fingerprint density at radius 3 is 2.70 bits per heavy atom. The molecule has 0 atom stereocenters. The molecule has 0 radical (unpaired) electrons. The van der Waals surface area contributed by atoms with Crippen LogP contribution in [0, 0.1) is 13.8 Å². The first-order valence-electron chi connectivity index (χ1n) is 5.95. The number of aryl methyl sites for hydroxylation is 2. The highest BCUT2D eigenvalue weighted by Crippen LogP contribution is 2.15. The van der Waals surface area contributed by atoms with Crippen molar-refractivity contribution in [1.82, 2.24) is 25.2 Å². The van der Waals surface area contributed by atoms with E-state index in [4.69, 9.17) is 0 Å². The molecule has 20 heavy (non-hydrogen) atoms. The van der Waals surface area contributed by atoms with E-state index in [0.29, 0.717) is 17.2 Å². The molecule has 0 aliphatic heterocycles. The third-order valence-corrected chi connectivity index (χ3v) is 2.54. The Morgan fingerprint density at radius 1 is 1.35 bits per heavy atom.